The molecule has 0 aliphatic carbocycles. The van der Waals surface area contributed by atoms with Crippen LogP contribution in [-0.2, 0) is 0 Å². The van der Waals surface area contributed by atoms with Crippen molar-refractivity contribution in [2.45, 2.75) is 0 Å². The van der Waals surface area contributed by atoms with E-state index < -0.39 is 0 Å². The molecule has 4 heterocycles. The monoisotopic (exact) mass is 498 g/mol. The molecular weight excluding hydrogens is 476 g/mol. The first-order valence-corrected chi connectivity index (χ1v) is 13.2. The number of nitrogens with zero attached hydrogens (tertiary/aromatic N) is 4. The Morgan fingerprint density at radius 3 is 1.85 bits per heavy atom. The molecule has 0 N–H and O–H groups in total. The molecule has 0 aliphatic heterocycles. The van der Waals surface area contributed by atoms with Gasteiger partial charge in [-0.15, -0.1) is 0 Å². The van der Waals surface area contributed by atoms with E-state index in [2.05, 4.69) is 147 Å². The molecule has 39 heavy (non-hydrogen) atoms. The fourth-order valence-corrected chi connectivity index (χ4v) is 6.39. The predicted molar refractivity (Wildman–Crippen MR) is 161 cm³/mol. The number of fused-ring (bicyclic) bond motifs is 10. The zero-order chi connectivity index (χ0) is 25.5. The van der Waals surface area contributed by atoms with E-state index in [-0.39, 0.29) is 0 Å². The van der Waals surface area contributed by atoms with Crippen molar-refractivity contribution in [3.63, 3.8) is 0 Å². The smallest absolute Gasteiger partial charge is 0.162 e. The Labute approximate surface area is 223 Å². The van der Waals surface area contributed by atoms with Gasteiger partial charge in [-0.3, -0.25) is 4.40 Å². The predicted octanol–water partition coefficient (Wildman–Crippen LogP) is 8.68. The minimum absolute atomic E-state index is 0.965. The van der Waals surface area contributed by atoms with Crippen LogP contribution in [0.25, 0.3) is 71.7 Å². The number of aromatic nitrogens is 4. The van der Waals surface area contributed by atoms with Crippen molar-refractivity contribution >= 4 is 60.3 Å². The van der Waals surface area contributed by atoms with E-state index in [1.165, 1.54) is 38.1 Å². The van der Waals surface area contributed by atoms with Crippen LogP contribution < -0.4 is 0 Å². The molecule has 0 radical (unpaired) electrons. The van der Waals surface area contributed by atoms with Crippen LogP contribution in [0.4, 0.5) is 0 Å². The zero-order valence-corrected chi connectivity index (χ0v) is 21.0. The number of pyridine rings is 1. The Balaban J connectivity index is 1.44. The van der Waals surface area contributed by atoms with Crippen molar-refractivity contribution in [3.05, 3.63) is 134 Å². The third-order valence-corrected chi connectivity index (χ3v) is 8.04. The molecule has 182 valence electrons. The minimum atomic E-state index is 0.965. The first-order valence-electron chi connectivity index (χ1n) is 13.2. The van der Waals surface area contributed by atoms with Gasteiger partial charge in [-0.05, 0) is 60.7 Å². The molecule has 9 rings (SSSR count). The van der Waals surface area contributed by atoms with Crippen LogP contribution >= 0.6 is 0 Å². The largest absolute Gasteiger partial charge is 0.309 e. The highest BCUT2D eigenvalue weighted by Crippen LogP contribution is 2.38. The topological polar surface area (TPSA) is 27.2 Å². The Bertz CT molecular complexity index is 2330. The molecule has 4 heteroatoms. The van der Waals surface area contributed by atoms with Crippen LogP contribution in [0.15, 0.2) is 134 Å². The van der Waals surface area contributed by atoms with Crippen molar-refractivity contribution < 1.29 is 0 Å². The van der Waals surface area contributed by atoms with Crippen LogP contribution in [0, 0.1) is 0 Å². The lowest BCUT2D eigenvalue weighted by Crippen LogP contribution is -1.96. The SMILES string of the molecule is c1ccc(-n2c3ccc(-n4c5ccccc5c5ccccc54)cc3c3ccn4c5ccccc5nc4c32)cc1. The second-order valence-electron chi connectivity index (χ2n) is 10.1. The third-order valence-electron chi connectivity index (χ3n) is 8.04. The van der Waals surface area contributed by atoms with Gasteiger partial charge in [0.05, 0.1) is 33.1 Å². The van der Waals surface area contributed by atoms with Crippen LogP contribution in [0.5, 0.6) is 0 Å². The maximum atomic E-state index is 5.12. The molecule has 0 saturated carbocycles. The molecule has 5 aromatic carbocycles. The summed E-state index contributed by atoms with van der Waals surface area (Å²) in [5, 5.41) is 4.94. The normalized spacial score (nSPS) is 12.1. The molecule has 0 aliphatic rings. The average Bonchev–Trinajstić information content (AvgIpc) is 3.65. The maximum Gasteiger partial charge on any atom is 0.162 e. The summed E-state index contributed by atoms with van der Waals surface area (Å²) in [5.74, 6) is 0. The van der Waals surface area contributed by atoms with Crippen LogP contribution in [0.2, 0.25) is 0 Å². The van der Waals surface area contributed by atoms with E-state index in [1.54, 1.807) is 0 Å². The van der Waals surface area contributed by atoms with Gasteiger partial charge in [0.1, 0.15) is 0 Å². The molecule has 0 fully saturated rings. The summed E-state index contributed by atoms with van der Waals surface area (Å²) >= 11 is 0. The molecule has 0 bridgehead atoms. The standard InChI is InChI=1S/C35H22N4/c1-2-10-23(11-3-1)39-32-19-18-24(38-30-15-7-4-12-25(30)26-13-5-8-16-31(26)38)22-28(32)27-20-21-37-33-17-9-6-14-29(33)36-35(37)34(27)39/h1-22H. The summed E-state index contributed by atoms with van der Waals surface area (Å²) in [6, 6.07) is 45.4. The van der Waals surface area contributed by atoms with Gasteiger partial charge in [-0.1, -0.05) is 66.7 Å². The van der Waals surface area contributed by atoms with Gasteiger partial charge >= 0.3 is 0 Å². The van der Waals surface area contributed by atoms with E-state index >= 15 is 0 Å². The van der Waals surface area contributed by atoms with Gasteiger partial charge in [0.15, 0.2) is 5.65 Å². The first-order chi connectivity index (χ1) is 19.4. The number of hydrogen-bond donors (Lipinski definition) is 0. The van der Waals surface area contributed by atoms with Crippen molar-refractivity contribution in [2.75, 3.05) is 0 Å². The Hall–Kier alpha value is -5.35. The summed E-state index contributed by atoms with van der Waals surface area (Å²) in [6.45, 7) is 0. The Morgan fingerprint density at radius 2 is 1.08 bits per heavy atom. The van der Waals surface area contributed by atoms with Gasteiger partial charge in [0.2, 0.25) is 0 Å². The van der Waals surface area contributed by atoms with Crippen LogP contribution in [-0.4, -0.2) is 18.5 Å². The molecule has 0 amide bonds. The van der Waals surface area contributed by atoms with Crippen molar-refractivity contribution in [3.8, 4) is 11.4 Å². The Kier molecular flexibility index (Phi) is 4.02. The minimum Gasteiger partial charge on any atom is -0.309 e. The van der Waals surface area contributed by atoms with Gasteiger partial charge in [-0.25, -0.2) is 4.98 Å². The molecule has 0 saturated heterocycles. The highest BCUT2D eigenvalue weighted by atomic mass is 15.1. The van der Waals surface area contributed by atoms with E-state index in [0.717, 1.165) is 33.6 Å². The molecule has 0 unspecified atom stereocenters. The van der Waals surface area contributed by atoms with Crippen molar-refractivity contribution in [1.29, 1.82) is 0 Å². The second-order valence-corrected chi connectivity index (χ2v) is 10.1. The lowest BCUT2D eigenvalue weighted by atomic mass is 10.1. The highest BCUT2D eigenvalue weighted by molar-refractivity contribution is 6.15. The zero-order valence-electron chi connectivity index (χ0n) is 21.0. The molecule has 0 spiro atoms. The number of para-hydroxylation sites is 5. The number of imidazole rings is 1. The molecular formula is C35H22N4. The van der Waals surface area contributed by atoms with E-state index in [4.69, 9.17) is 4.98 Å². The Morgan fingerprint density at radius 1 is 0.436 bits per heavy atom. The summed E-state index contributed by atoms with van der Waals surface area (Å²) in [4.78, 5) is 5.12. The van der Waals surface area contributed by atoms with Gasteiger partial charge < -0.3 is 9.13 Å². The lowest BCUT2D eigenvalue weighted by Gasteiger charge is -2.10. The van der Waals surface area contributed by atoms with E-state index in [0.29, 0.717) is 0 Å². The summed E-state index contributed by atoms with van der Waals surface area (Å²) in [5.41, 5.74) is 10.1. The van der Waals surface area contributed by atoms with Crippen LogP contribution in [0.1, 0.15) is 0 Å². The van der Waals surface area contributed by atoms with Crippen LogP contribution in [0.3, 0.4) is 0 Å². The summed E-state index contributed by atoms with van der Waals surface area (Å²) in [7, 11) is 0. The number of hydrogen-bond acceptors (Lipinski definition) is 1. The lowest BCUT2D eigenvalue weighted by molar-refractivity contribution is 1.15. The summed E-state index contributed by atoms with van der Waals surface area (Å²) in [6.07, 6.45) is 2.16. The first kappa shape index (κ1) is 20.7. The molecule has 4 aromatic heterocycles. The molecule has 4 nitrogen and oxygen atoms in total. The van der Waals surface area contributed by atoms with Gasteiger partial charge in [-0.2, -0.15) is 0 Å². The number of rotatable bonds is 2. The fourth-order valence-electron chi connectivity index (χ4n) is 6.39. The maximum absolute atomic E-state index is 5.12. The summed E-state index contributed by atoms with van der Waals surface area (Å²) < 4.78 is 6.96. The van der Waals surface area contributed by atoms with Crippen molar-refractivity contribution in [2.24, 2.45) is 0 Å². The highest BCUT2D eigenvalue weighted by Gasteiger charge is 2.19. The van der Waals surface area contributed by atoms with E-state index in [9.17, 15) is 0 Å². The van der Waals surface area contributed by atoms with Gasteiger partial charge in [0.25, 0.3) is 0 Å². The molecule has 9 aromatic rings. The fraction of sp³-hybridized carbons (Fsp3) is 0. The third kappa shape index (κ3) is 2.75. The van der Waals surface area contributed by atoms with Crippen molar-refractivity contribution in [1.82, 2.24) is 18.5 Å². The average molecular weight is 499 g/mol. The van der Waals surface area contributed by atoms with E-state index in [1.807, 2.05) is 0 Å². The number of benzene rings is 5. The quantitative estimate of drug-likeness (QED) is 0.234. The van der Waals surface area contributed by atoms with Gasteiger partial charge in [0, 0.05) is 39.1 Å². The second kappa shape index (κ2) is 7.59. The molecule has 0 atom stereocenters.